The van der Waals surface area contributed by atoms with Crippen LogP contribution < -0.4 is 5.73 Å². The van der Waals surface area contributed by atoms with Crippen LogP contribution in [0.3, 0.4) is 0 Å². The van der Waals surface area contributed by atoms with E-state index in [2.05, 4.69) is 29.2 Å². The molecule has 1 aromatic rings. The first-order chi connectivity index (χ1) is 7.88. The smallest absolute Gasteiger partial charge is 0.0233 e. The van der Waals surface area contributed by atoms with Crippen LogP contribution in [0.2, 0.25) is 0 Å². The molecule has 0 radical (unpaired) electrons. The monoisotopic (exact) mass is 290 g/mol. The third-order valence-electron chi connectivity index (χ3n) is 3.36. The molecule has 0 aliphatic carbocycles. The lowest BCUT2D eigenvalue weighted by Gasteiger charge is -2.19. The first kappa shape index (κ1) is 17.7. The Morgan fingerprint density at radius 3 is 1.83 bits per heavy atom. The average Bonchev–Trinajstić information content (AvgIpc) is 2.59. The topological polar surface area (TPSA) is 29.3 Å². The van der Waals surface area contributed by atoms with Crippen molar-refractivity contribution in [3.8, 4) is 0 Å². The van der Waals surface area contributed by atoms with Gasteiger partial charge in [0.05, 0.1) is 0 Å². The SMILES string of the molecule is Cl.Cl.NCc1ccc(CN2CCCCCC2)cc1. The fourth-order valence-corrected chi connectivity index (χ4v) is 2.33. The summed E-state index contributed by atoms with van der Waals surface area (Å²) in [4.78, 5) is 2.57. The van der Waals surface area contributed by atoms with Gasteiger partial charge in [-0.15, -0.1) is 24.8 Å². The highest BCUT2D eigenvalue weighted by Crippen LogP contribution is 2.13. The maximum Gasteiger partial charge on any atom is 0.0233 e. The third kappa shape index (κ3) is 5.57. The van der Waals surface area contributed by atoms with E-state index in [0.717, 1.165) is 6.54 Å². The van der Waals surface area contributed by atoms with Crippen molar-refractivity contribution < 1.29 is 0 Å². The molecule has 1 aliphatic rings. The van der Waals surface area contributed by atoms with E-state index in [4.69, 9.17) is 5.73 Å². The highest BCUT2D eigenvalue weighted by molar-refractivity contribution is 5.85. The van der Waals surface area contributed by atoms with Gasteiger partial charge in [-0.1, -0.05) is 37.1 Å². The molecule has 4 heteroatoms. The Hall–Kier alpha value is -0.280. The number of halogens is 2. The molecule has 2 N–H and O–H groups in total. The van der Waals surface area contributed by atoms with Crippen molar-refractivity contribution in [3.05, 3.63) is 35.4 Å². The van der Waals surface area contributed by atoms with Gasteiger partial charge in [-0.2, -0.15) is 0 Å². The Labute approximate surface area is 123 Å². The quantitative estimate of drug-likeness (QED) is 0.925. The molecule has 1 aromatic carbocycles. The molecule has 0 bridgehead atoms. The summed E-state index contributed by atoms with van der Waals surface area (Å²) >= 11 is 0. The molecule has 2 rings (SSSR count). The van der Waals surface area contributed by atoms with Crippen molar-refractivity contribution in [2.24, 2.45) is 5.73 Å². The number of nitrogens with zero attached hydrogens (tertiary/aromatic N) is 1. The summed E-state index contributed by atoms with van der Waals surface area (Å²) in [5.74, 6) is 0. The van der Waals surface area contributed by atoms with Crippen LogP contribution in [-0.4, -0.2) is 18.0 Å². The maximum atomic E-state index is 5.59. The van der Waals surface area contributed by atoms with Crippen molar-refractivity contribution in [2.45, 2.75) is 38.8 Å². The van der Waals surface area contributed by atoms with E-state index >= 15 is 0 Å². The van der Waals surface area contributed by atoms with Crippen molar-refractivity contribution >= 4 is 24.8 Å². The molecular formula is C14H24Cl2N2. The molecule has 1 saturated heterocycles. The Morgan fingerprint density at radius 1 is 0.833 bits per heavy atom. The van der Waals surface area contributed by atoms with Gasteiger partial charge in [0, 0.05) is 13.1 Å². The number of hydrogen-bond acceptors (Lipinski definition) is 2. The Balaban J connectivity index is 0.00000144. The second kappa shape index (κ2) is 9.62. The van der Waals surface area contributed by atoms with E-state index in [0.29, 0.717) is 6.54 Å². The molecule has 18 heavy (non-hydrogen) atoms. The molecule has 0 spiro atoms. The Kier molecular flexibility index (Phi) is 9.47. The van der Waals surface area contributed by atoms with Gasteiger partial charge in [0.25, 0.3) is 0 Å². The van der Waals surface area contributed by atoms with E-state index in [-0.39, 0.29) is 24.8 Å². The van der Waals surface area contributed by atoms with Gasteiger partial charge in [-0.05, 0) is 37.1 Å². The molecule has 1 fully saturated rings. The van der Waals surface area contributed by atoms with Crippen LogP contribution in [0.1, 0.15) is 36.8 Å². The van der Waals surface area contributed by atoms with Gasteiger partial charge in [0.15, 0.2) is 0 Å². The van der Waals surface area contributed by atoms with Crippen LogP contribution in [0.25, 0.3) is 0 Å². The molecule has 0 saturated carbocycles. The summed E-state index contributed by atoms with van der Waals surface area (Å²) in [5.41, 5.74) is 8.23. The van der Waals surface area contributed by atoms with E-state index in [9.17, 15) is 0 Å². The van der Waals surface area contributed by atoms with E-state index in [1.807, 2.05) is 0 Å². The predicted molar refractivity (Wildman–Crippen MR) is 82.6 cm³/mol. The third-order valence-corrected chi connectivity index (χ3v) is 3.36. The molecule has 1 heterocycles. The van der Waals surface area contributed by atoms with Crippen LogP contribution in [0, 0.1) is 0 Å². The van der Waals surface area contributed by atoms with Gasteiger partial charge in [0.1, 0.15) is 0 Å². The predicted octanol–water partition coefficient (Wildman–Crippen LogP) is 3.36. The molecule has 0 amide bonds. The highest BCUT2D eigenvalue weighted by atomic mass is 35.5. The van der Waals surface area contributed by atoms with Gasteiger partial charge >= 0.3 is 0 Å². The molecule has 104 valence electrons. The number of likely N-dealkylation sites (tertiary alicyclic amines) is 1. The Morgan fingerprint density at radius 2 is 1.33 bits per heavy atom. The summed E-state index contributed by atoms with van der Waals surface area (Å²) in [6, 6.07) is 8.72. The minimum Gasteiger partial charge on any atom is -0.326 e. The van der Waals surface area contributed by atoms with Crippen molar-refractivity contribution in [1.82, 2.24) is 4.90 Å². The summed E-state index contributed by atoms with van der Waals surface area (Å²) < 4.78 is 0. The minimum atomic E-state index is 0. The number of hydrogen-bond donors (Lipinski definition) is 1. The van der Waals surface area contributed by atoms with Crippen LogP contribution in [0.15, 0.2) is 24.3 Å². The standard InChI is InChI=1S/C14H22N2.2ClH/c15-11-13-5-7-14(8-6-13)12-16-9-3-1-2-4-10-16;;/h5-8H,1-4,9-12,15H2;2*1H. The number of benzene rings is 1. The summed E-state index contributed by atoms with van der Waals surface area (Å²) in [7, 11) is 0. The highest BCUT2D eigenvalue weighted by Gasteiger charge is 2.08. The van der Waals surface area contributed by atoms with E-state index in [1.165, 1.54) is 49.9 Å². The average molecular weight is 291 g/mol. The second-order valence-electron chi connectivity index (χ2n) is 4.71. The fourth-order valence-electron chi connectivity index (χ4n) is 2.33. The van der Waals surface area contributed by atoms with Gasteiger partial charge in [-0.25, -0.2) is 0 Å². The Bertz CT molecular complexity index is 306. The lowest BCUT2D eigenvalue weighted by atomic mass is 10.1. The van der Waals surface area contributed by atoms with Crippen LogP contribution in [0.4, 0.5) is 0 Å². The zero-order valence-corrected chi connectivity index (χ0v) is 12.4. The van der Waals surface area contributed by atoms with Gasteiger partial charge in [-0.3, -0.25) is 4.90 Å². The largest absolute Gasteiger partial charge is 0.326 e. The molecule has 2 nitrogen and oxygen atoms in total. The van der Waals surface area contributed by atoms with Crippen molar-refractivity contribution in [2.75, 3.05) is 13.1 Å². The molecule has 0 aromatic heterocycles. The van der Waals surface area contributed by atoms with Gasteiger partial charge < -0.3 is 5.73 Å². The summed E-state index contributed by atoms with van der Waals surface area (Å²) in [5, 5.41) is 0. The summed E-state index contributed by atoms with van der Waals surface area (Å²) in [6.45, 7) is 4.27. The number of rotatable bonds is 3. The minimum absolute atomic E-state index is 0. The van der Waals surface area contributed by atoms with Crippen LogP contribution in [-0.2, 0) is 13.1 Å². The maximum absolute atomic E-state index is 5.59. The molecule has 0 atom stereocenters. The molecular weight excluding hydrogens is 267 g/mol. The van der Waals surface area contributed by atoms with Crippen LogP contribution >= 0.6 is 24.8 Å². The first-order valence-corrected chi connectivity index (χ1v) is 6.39. The normalized spacial score (nSPS) is 16.3. The zero-order valence-electron chi connectivity index (χ0n) is 10.8. The lowest BCUT2D eigenvalue weighted by Crippen LogP contribution is -2.23. The van der Waals surface area contributed by atoms with E-state index in [1.54, 1.807) is 0 Å². The first-order valence-electron chi connectivity index (χ1n) is 6.39. The summed E-state index contributed by atoms with van der Waals surface area (Å²) in [6.07, 6.45) is 5.53. The van der Waals surface area contributed by atoms with Crippen molar-refractivity contribution in [1.29, 1.82) is 0 Å². The molecule has 1 aliphatic heterocycles. The zero-order chi connectivity index (χ0) is 11.2. The molecule has 0 unspecified atom stereocenters. The van der Waals surface area contributed by atoms with Crippen molar-refractivity contribution in [3.63, 3.8) is 0 Å². The second-order valence-corrected chi connectivity index (χ2v) is 4.71. The lowest BCUT2D eigenvalue weighted by molar-refractivity contribution is 0.277. The van der Waals surface area contributed by atoms with Crippen LogP contribution in [0.5, 0.6) is 0 Å². The fraction of sp³-hybridized carbons (Fsp3) is 0.571. The van der Waals surface area contributed by atoms with E-state index < -0.39 is 0 Å². The van der Waals surface area contributed by atoms with Gasteiger partial charge in [0.2, 0.25) is 0 Å². The number of nitrogens with two attached hydrogens (primary N) is 1.